The highest BCUT2D eigenvalue weighted by Gasteiger charge is 2.18. The minimum atomic E-state index is -1.17. The smallest absolute Gasteiger partial charge is 0.319 e. The molecule has 0 amide bonds. The summed E-state index contributed by atoms with van der Waals surface area (Å²) in [6.07, 6.45) is 11.4. The number of allylic oxidation sites excluding steroid dienone is 1. The first kappa shape index (κ1) is 21.2. The fourth-order valence-corrected chi connectivity index (χ4v) is 2.45. The van der Waals surface area contributed by atoms with Gasteiger partial charge in [-0.05, 0) is 18.8 Å². The van der Waals surface area contributed by atoms with E-state index in [0.717, 1.165) is 19.3 Å². The van der Waals surface area contributed by atoms with Crippen LogP contribution >= 0.6 is 0 Å². The van der Waals surface area contributed by atoms with E-state index in [9.17, 15) is 9.59 Å². The van der Waals surface area contributed by atoms with Gasteiger partial charge < -0.3 is 10.2 Å². The molecule has 2 atom stereocenters. The van der Waals surface area contributed by atoms with Crippen LogP contribution in [-0.2, 0) is 9.59 Å². The van der Waals surface area contributed by atoms with Crippen molar-refractivity contribution in [2.45, 2.75) is 71.1 Å². The Morgan fingerprint density at radius 3 is 2.35 bits per heavy atom. The maximum Gasteiger partial charge on any atom is 0.319 e. The molecule has 0 saturated carbocycles. The predicted octanol–water partition coefficient (Wildman–Crippen LogP) is 4.50. The maximum absolute atomic E-state index is 11.0. The van der Waals surface area contributed by atoms with Gasteiger partial charge in [0.1, 0.15) is 5.92 Å². The molecule has 0 fully saturated rings. The van der Waals surface area contributed by atoms with E-state index in [2.05, 4.69) is 25.3 Å². The molecule has 0 aliphatic heterocycles. The molecule has 0 aliphatic rings. The third-order valence-corrected chi connectivity index (χ3v) is 3.81. The lowest BCUT2D eigenvalue weighted by Gasteiger charge is -2.11. The van der Waals surface area contributed by atoms with Crippen molar-refractivity contribution in [3.05, 3.63) is 12.7 Å². The highest BCUT2D eigenvalue weighted by atomic mass is 16.4. The second-order valence-corrected chi connectivity index (χ2v) is 5.96. The molecular weight excluding hydrogens is 292 g/mol. The standard InChI is InChI=1S/C19H30O4/c1-3-5-6-7-8-9-12-16(11-4-2)13-10-14-17(19(22)23)15-18(20)21/h4,16-17H,2-3,5-9,11-13,15H2,1H3,(H,20,21)(H,22,23). The summed E-state index contributed by atoms with van der Waals surface area (Å²) < 4.78 is 0. The van der Waals surface area contributed by atoms with E-state index in [4.69, 9.17) is 10.2 Å². The summed E-state index contributed by atoms with van der Waals surface area (Å²) in [5.74, 6) is 2.42. The average Bonchev–Trinajstić information content (AvgIpc) is 2.49. The summed E-state index contributed by atoms with van der Waals surface area (Å²) >= 11 is 0. The molecule has 0 radical (unpaired) electrons. The summed E-state index contributed by atoms with van der Waals surface area (Å²) in [4.78, 5) is 21.6. The van der Waals surface area contributed by atoms with Crippen molar-refractivity contribution in [3.8, 4) is 11.8 Å². The van der Waals surface area contributed by atoms with Crippen LogP contribution in [0, 0.1) is 23.7 Å². The second-order valence-electron chi connectivity index (χ2n) is 5.96. The number of aliphatic carboxylic acids is 2. The predicted molar refractivity (Wildman–Crippen MR) is 92.1 cm³/mol. The largest absolute Gasteiger partial charge is 0.481 e. The quantitative estimate of drug-likeness (QED) is 0.297. The normalized spacial score (nSPS) is 12.7. The van der Waals surface area contributed by atoms with Gasteiger partial charge in [0.15, 0.2) is 0 Å². The Morgan fingerprint density at radius 1 is 1.13 bits per heavy atom. The summed E-state index contributed by atoms with van der Waals surface area (Å²) in [6, 6.07) is 0. The number of hydrogen-bond donors (Lipinski definition) is 2. The number of carboxylic acid groups (broad SMARTS) is 2. The van der Waals surface area contributed by atoms with Crippen molar-refractivity contribution in [2.75, 3.05) is 0 Å². The molecule has 2 unspecified atom stereocenters. The third kappa shape index (κ3) is 12.5. The van der Waals surface area contributed by atoms with Crippen molar-refractivity contribution in [1.29, 1.82) is 0 Å². The van der Waals surface area contributed by atoms with Gasteiger partial charge in [-0.25, -0.2) is 0 Å². The molecule has 0 aromatic rings. The Bertz CT molecular complexity index is 417. The molecule has 0 spiro atoms. The van der Waals surface area contributed by atoms with Gasteiger partial charge in [0.25, 0.3) is 0 Å². The van der Waals surface area contributed by atoms with Gasteiger partial charge in [0.05, 0.1) is 6.42 Å². The van der Waals surface area contributed by atoms with Crippen molar-refractivity contribution < 1.29 is 19.8 Å². The van der Waals surface area contributed by atoms with E-state index in [-0.39, 0.29) is 0 Å². The van der Waals surface area contributed by atoms with Crippen LogP contribution in [0.1, 0.15) is 71.1 Å². The molecule has 0 saturated heterocycles. The van der Waals surface area contributed by atoms with Crippen LogP contribution in [0.2, 0.25) is 0 Å². The van der Waals surface area contributed by atoms with Crippen LogP contribution in [0.4, 0.5) is 0 Å². The first-order chi connectivity index (χ1) is 11.0. The Kier molecular flexibility index (Phi) is 12.8. The third-order valence-electron chi connectivity index (χ3n) is 3.81. The van der Waals surface area contributed by atoms with Crippen LogP contribution in [0.3, 0.4) is 0 Å². The zero-order valence-electron chi connectivity index (χ0n) is 14.2. The molecular formula is C19H30O4. The highest BCUT2D eigenvalue weighted by molar-refractivity contribution is 5.80. The Morgan fingerprint density at radius 2 is 1.78 bits per heavy atom. The van der Waals surface area contributed by atoms with Crippen LogP contribution in [-0.4, -0.2) is 22.2 Å². The van der Waals surface area contributed by atoms with Crippen LogP contribution in [0.5, 0.6) is 0 Å². The highest BCUT2D eigenvalue weighted by Crippen LogP contribution is 2.18. The number of hydrogen-bond acceptors (Lipinski definition) is 2. The summed E-state index contributed by atoms with van der Waals surface area (Å²) in [5.41, 5.74) is 0. The maximum atomic E-state index is 11.0. The minimum Gasteiger partial charge on any atom is -0.481 e. The van der Waals surface area contributed by atoms with Crippen LogP contribution in [0.15, 0.2) is 12.7 Å². The number of carbonyl (C=O) groups is 2. The van der Waals surface area contributed by atoms with Crippen LogP contribution < -0.4 is 0 Å². The molecule has 0 bridgehead atoms. The molecule has 130 valence electrons. The lowest BCUT2D eigenvalue weighted by Crippen LogP contribution is -2.16. The molecule has 23 heavy (non-hydrogen) atoms. The fraction of sp³-hybridized carbons (Fsp3) is 0.684. The van der Waals surface area contributed by atoms with Gasteiger partial charge in [-0.15, -0.1) is 12.5 Å². The van der Waals surface area contributed by atoms with Gasteiger partial charge in [-0.2, -0.15) is 0 Å². The van der Waals surface area contributed by atoms with E-state index in [1.807, 2.05) is 6.08 Å². The first-order valence-electron chi connectivity index (χ1n) is 8.55. The minimum absolute atomic E-state index is 0.380. The van der Waals surface area contributed by atoms with E-state index in [1.165, 1.54) is 32.1 Å². The van der Waals surface area contributed by atoms with Crippen molar-refractivity contribution in [3.63, 3.8) is 0 Å². The van der Waals surface area contributed by atoms with Gasteiger partial charge >= 0.3 is 11.9 Å². The topological polar surface area (TPSA) is 74.6 Å². The zero-order valence-corrected chi connectivity index (χ0v) is 14.2. The zero-order chi connectivity index (χ0) is 17.5. The van der Waals surface area contributed by atoms with Crippen molar-refractivity contribution >= 4 is 11.9 Å². The molecule has 4 heteroatoms. The molecule has 4 nitrogen and oxygen atoms in total. The lowest BCUT2D eigenvalue weighted by atomic mass is 9.94. The Labute approximate surface area is 140 Å². The van der Waals surface area contributed by atoms with Crippen molar-refractivity contribution in [1.82, 2.24) is 0 Å². The molecule has 0 rings (SSSR count). The Balaban J connectivity index is 4.25. The lowest BCUT2D eigenvalue weighted by molar-refractivity contribution is -0.146. The van der Waals surface area contributed by atoms with E-state index >= 15 is 0 Å². The SMILES string of the molecule is C=CCC(CC#CC(CC(=O)O)C(=O)O)CCCCCCCC. The summed E-state index contributed by atoms with van der Waals surface area (Å²) in [7, 11) is 0. The number of carboxylic acids is 2. The van der Waals surface area contributed by atoms with Crippen LogP contribution in [0.25, 0.3) is 0 Å². The van der Waals surface area contributed by atoms with E-state index in [0.29, 0.717) is 12.3 Å². The monoisotopic (exact) mass is 322 g/mol. The van der Waals surface area contributed by atoms with Gasteiger partial charge in [-0.1, -0.05) is 57.4 Å². The van der Waals surface area contributed by atoms with Gasteiger partial charge in [0.2, 0.25) is 0 Å². The molecule has 0 aromatic carbocycles. The van der Waals surface area contributed by atoms with Gasteiger partial charge in [-0.3, -0.25) is 9.59 Å². The molecule has 2 N–H and O–H groups in total. The average molecular weight is 322 g/mol. The second kappa shape index (κ2) is 13.9. The van der Waals surface area contributed by atoms with E-state index in [1.54, 1.807) is 0 Å². The van der Waals surface area contributed by atoms with Crippen molar-refractivity contribution in [2.24, 2.45) is 11.8 Å². The summed E-state index contributed by atoms with van der Waals surface area (Å²) in [5, 5.41) is 17.6. The molecule has 0 heterocycles. The van der Waals surface area contributed by atoms with E-state index < -0.39 is 24.3 Å². The molecule has 0 aliphatic carbocycles. The number of unbranched alkanes of at least 4 members (excludes halogenated alkanes) is 5. The Hall–Kier alpha value is -1.76. The first-order valence-corrected chi connectivity index (χ1v) is 8.55. The van der Waals surface area contributed by atoms with Gasteiger partial charge in [0, 0.05) is 6.42 Å². The summed E-state index contributed by atoms with van der Waals surface area (Å²) in [6.45, 7) is 5.96. The number of rotatable bonds is 13. The fourth-order valence-electron chi connectivity index (χ4n) is 2.45. The molecule has 0 aromatic heterocycles.